The van der Waals surface area contributed by atoms with E-state index in [9.17, 15) is 9.50 Å². The van der Waals surface area contributed by atoms with Crippen LogP contribution in [-0.2, 0) is 10.3 Å². The fraction of sp³-hybridized carbons (Fsp3) is 0.257. The number of aliphatic imine (C=N–C) groups is 1. The summed E-state index contributed by atoms with van der Waals surface area (Å²) in [7, 11) is 5.26. The molecule has 2 aromatic heterocycles. The summed E-state index contributed by atoms with van der Waals surface area (Å²) in [6.45, 7) is 4.43. The van der Waals surface area contributed by atoms with Gasteiger partial charge in [0.25, 0.3) is 0 Å². The number of nitrogens with zero attached hydrogens (tertiary/aromatic N) is 6. The number of fused-ring (bicyclic) bond motifs is 1. The molecule has 3 aromatic carbocycles. The van der Waals surface area contributed by atoms with E-state index in [0.29, 0.717) is 11.2 Å². The number of aliphatic hydroxyl groups excluding tert-OH is 1. The van der Waals surface area contributed by atoms with E-state index >= 15 is 0 Å². The molecule has 2 heterocycles. The van der Waals surface area contributed by atoms with E-state index < -0.39 is 11.7 Å². The van der Waals surface area contributed by atoms with Crippen molar-refractivity contribution in [3.63, 3.8) is 0 Å². The number of methoxy groups -OCH3 is 1. The van der Waals surface area contributed by atoms with Gasteiger partial charge in [0.1, 0.15) is 11.4 Å². The molecular formula is C35H35FN6O3. The number of aromatic nitrogens is 4. The van der Waals surface area contributed by atoms with Gasteiger partial charge < -0.3 is 24.0 Å². The average Bonchev–Trinajstić information content (AvgIpc) is 3.47. The van der Waals surface area contributed by atoms with Gasteiger partial charge in [-0.2, -0.15) is 14.4 Å². The van der Waals surface area contributed by atoms with Gasteiger partial charge in [-0.05, 0) is 34.4 Å². The minimum absolute atomic E-state index is 0.107. The summed E-state index contributed by atoms with van der Waals surface area (Å²) in [6, 6.07) is 27.6. The average molecular weight is 607 g/mol. The predicted molar refractivity (Wildman–Crippen MR) is 171 cm³/mol. The van der Waals surface area contributed by atoms with Gasteiger partial charge in [-0.3, -0.25) is 0 Å². The van der Waals surface area contributed by atoms with Crippen LogP contribution < -0.4 is 4.74 Å². The number of ether oxygens (including phenoxy) is 2. The van der Waals surface area contributed by atoms with Crippen LogP contribution in [0.2, 0.25) is 0 Å². The molecule has 45 heavy (non-hydrogen) atoms. The zero-order valence-corrected chi connectivity index (χ0v) is 25.4. The molecule has 230 valence electrons. The molecule has 0 saturated heterocycles. The molecule has 3 atom stereocenters. The summed E-state index contributed by atoms with van der Waals surface area (Å²) in [4.78, 5) is 18.5. The Morgan fingerprint density at radius 2 is 1.60 bits per heavy atom. The van der Waals surface area contributed by atoms with Gasteiger partial charge in [0.15, 0.2) is 17.0 Å². The molecule has 0 bridgehead atoms. The normalized spacial score (nSPS) is 18.3. The maximum Gasteiger partial charge on any atom is 0.312 e. The zero-order valence-electron chi connectivity index (χ0n) is 25.4. The highest BCUT2D eigenvalue weighted by Gasteiger charge is 2.48. The molecule has 1 fully saturated rings. The first-order chi connectivity index (χ1) is 21.9. The molecule has 1 N–H and O–H groups in total. The summed E-state index contributed by atoms with van der Waals surface area (Å²) in [6.07, 6.45) is 2.24. The molecule has 9 nitrogen and oxygen atoms in total. The van der Waals surface area contributed by atoms with Crippen molar-refractivity contribution in [2.75, 3.05) is 34.4 Å². The van der Waals surface area contributed by atoms with Gasteiger partial charge in [-0.1, -0.05) is 79.4 Å². The predicted octanol–water partition coefficient (Wildman–Crippen LogP) is 5.54. The molecular weight excluding hydrogens is 571 g/mol. The number of hydrogen-bond donors (Lipinski definition) is 1. The van der Waals surface area contributed by atoms with Crippen molar-refractivity contribution in [1.82, 2.24) is 24.4 Å². The van der Waals surface area contributed by atoms with Crippen molar-refractivity contribution in [2.45, 2.75) is 11.6 Å². The van der Waals surface area contributed by atoms with Crippen molar-refractivity contribution >= 4 is 23.3 Å². The summed E-state index contributed by atoms with van der Waals surface area (Å²) in [5.41, 5.74) is 3.28. The fourth-order valence-corrected chi connectivity index (χ4v) is 6.20. The van der Waals surface area contributed by atoms with E-state index in [4.69, 9.17) is 9.47 Å². The van der Waals surface area contributed by atoms with Gasteiger partial charge in [0.2, 0.25) is 0 Å². The molecule has 5 aromatic rings. The molecule has 1 aliphatic rings. The lowest BCUT2D eigenvalue weighted by Crippen LogP contribution is -2.47. The molecule has 0 radical (unpaired) electrons. The lowest BCUT2D eigenvalue weighted by Gasteiger charge is -2.48. The van der Waals surface area contributed by atoms with Gasteiger partial charge >= 0.3 is 6.08 Å². The highest BCUT2D eigenvalue weighted by molar-refractivity contribution is 5.83. The number of halogens is 1. The van der Waals surface area contributed by atoms with Crippen LogP contribution in [0.3, 0.4) is 0 Å². The molecule has 0 spiro atoms. The van der Waals surface area contributed by atoms with Crippen molar-refractivity contribution < 1.29 is 19.0 Å². The summed E-state index contributed by atoms with van der Waals surface area (Å²) in [5, 5.41) is 10.4. The number of hydrogen-bond acceptors (Lipinski definition) is 7. The monoisotopic (exact) mass is 606 g/mol. The second-order valence-electron chi connectivity index (χ2n) is 11.3. The Morgan fingerprint density at radius 3 is 2.18 bits per heavy atom. The number of benzene rings is 3. The second-order valence-corrected chi connectivity index (χ2v) is 11.3. The van der Waals surface area contributed by atoms with Crippen LogP contribution in [0.25, 0.3) is 11.2 Å². The van der Waals surface area contributed by atoms with Crippen LogP contribution in [0.1, 0.15) is 22.7 Å². The van der Waals surface area contributed by atoms with E-state index in [1.807, 2.05) is 74.8 Å². The minimum Gasteiger partial charge on any atom is -0.497 e. The van der Waals surface area contributed by atoms with E-state index in [1.54, 1.807) is 22.9 Å². The van der Waals surface area contributed by atoms with Crippen molar-refractivity contribution in [1.29, 1.82) is 0 Å². The maximum atomic E-state index is 14.7. The first-order valence-electron chi connectivity index (χ1n) is 14.7. The van der Waals surface area contributed by atoms with Crippen molar-refractivity contribution in [3.05, 3.63) is 126 Å². The SMILES string of the molecule is C=C1[C@@H](n2cnc3c(N=CN(C)C)nc(F)nc32)[C@H](COC(c2ccccc2)(c2ccccc2)c2ccc(OC)cc2)[C@H]1CO. The second kappa shape index (κ2) is 12.6. The highest BCUT2D eigenvalue weighted by atomic mass is 19.1. The molecule has 0 amide bonds. The lowest BCUT2D eigenvalue weighted by atomic mass is 9.66. The Labute approximate surface area is 261 Å². The number of aliphatic hydroxyl groups is 1. The Hall–Kier alpha value is -4.93. The third-order valence-electron chi connectivity index (χ3n) is 8.41. The van der Waals surface area contributed by atoms with E-state index in [-0.39, 0.29) is 36.9 Å². The van der Waals surface area contributed by atoms with E-state index in [0.717, 1.165) is 28.0 Å². The smallest absolute Gasteiger partial charge is 0.312 e. The maximum absolute atomic E-state index is 14.7. The van der Waals surface area contributed by atoms with Crippen LogP contribution >= 0.6 is 0 Å². The number of rotatable bonds is 11. The zero-order chi connectivity index (χ0) is 31.6. The van der Waals surface area contributed by atoms with E-state index in [1.165, 1.54) is 6.34 Å². The quantitative estimate of drug-likeness (QED) is 0.0693. The molecule has 1 saturated carbocycles. The molecule has 10 heteroatoms. The summed E-state index contributed by atoms with van der Waals surface area (Å²) < 4.78 is 29.1. The topological polar surface area (TPSA) is 97.9 Å². The van der Waals surface area contributed by atoms with Crippen LogP contribution in [0.4, 0.5) is 10.2 Å². The van der Waals surface area contributed by atoms with Crippen LogP contribution in [0.15, 0.2) is 108 Å². The Balaban J connectivity index is 1.43. The highest BCUT2D eigenvalue weighted by Crippen LogP contribution is 2.51. The van der Waals surface area contributed by atoms with Crippen LogP contribution in [0, 0.1) is 17.9 Å². The van der Waals surface area contributed by atoms with E-state index in [2.05, 4.69) is 50.8 Å². The Bertz CT molecular complexity index is 1770. The molecule has 0 unspecified atom stereocenters. The van der Waals surface area contributed by atoms with Crippen molar-refractivity contribution in [3.8, 4) is 5.75 Å². The van der Waals surface area contributed by atoms with Crippen molar-refractivity contribution in [2.24, 2.45) is 16.8 Å². The Morgan fingerprint density at radius 1 is 0.978 bits per heavy atom. The molecule has 6 rings (SSSR count). The lowest BCUT2D eigenvalue weighted by molar-refractivity contribution is -0.0502. The van der Waals surface area contributed by atoms with Gasteiger partial charge in [-0.25, -0.2) is 9.98 Å². The van der Waals surface area contributed by atoms with Gasteiger partial charge in [0, 0.05) is 25.9 Å². The molecule has 1 aliphatic carbocycles. The minimum atomic E-state index is -0.990. The van der Waals surface area contributed by atoms with Crippen LogP contribution in [-0.4, -0.2) is 70.3 Å². The first-order valence-corrected chi connectivity index (χ1v) is 14.7. The Kier molecular flexibility index (Phi) is 8.42. The third kappa shape index (κ3) is 5.47. The summed E-state index contributed by atoms with van der Waals surface area (Å²) >= 11 is 0. The molecule has 0 aliphatic heterocycles. The van der Waals surface area contributed by atoms with Gasteiger partial charge in [0.05, 0.1) is 39.0 Å². The standard InChI is InChI=1S/C35H35FN6O3/c1-23-28(19-43)29(31(23)42-22-37-30-32(38-21-41(2)3)39-34(36)40-33(30)42)20-45-35(24-11-7-5-8-12-24,25-13-9-6-10-14-25)26-15-17-27(44-4)18-16-26/h5-18,21-22,28-29,31,43H,1,19-20H2,2-4H3/t28-,29+,31+/m0/s1. The third-order valence-corrected chi connectivity index (χ3v) is 8.41. The fourth-order valence-electron chi connectivity index (χ4n) is 6.20. The first kappa shape index (κ1) is 30.1. The number of imidazole rings is 1. The largest absolute Gasteiger partial charge is 0.497 e. The summed E-state index contributed by atoms with van der Waals surface area (Å²) in [5.74, 6) is 0.398. The van der Waals surface area contributed by atoms with Crippen LogP contribution in [0.5, 0.6) is 5.75 Å². The van der Waals surface area contributed by atoms with Gasteiger partial charge in [-0.15, -0.1) is 0 Å².